The lowest BCUT2D eigenvalue weighted by molar-refractivity contribution is 0.112. The Morgan fingerprint density at radius 2 is 1.59 bits per heavy atom. The standard InChI is InChI=1S/C24H28O3/c1-7-23(3,4)16-12-18-21(26)17-11-15(14-25)9-10-20(17)27-22(18)19(13-16)24(5,6)8-2/h9-14H,7-8H2,1-6H3. The quantitative estimate of drug-likeness (QED) is 0.404. The second kappa shape index (κ2) is 6.63. The molecule has 2 aromatic carbocycles. The van der Waals surface area contributed by atoms with Gasteiger partial charge in [-0.1, -0.05) is 47.6 Å². The molecule has 1 heterocycles. The predicted molar refractivity (Wildman–Crippen MR) is 112 cm³/mol. The molecule has 1 aromatic heterocycles. The number of rotatable bonds is 5. The maximum absolute atomic E-state index is 13.3. The molecule has 3 rings (SSSR count). The summed E-state index contributed by atoms with van der Waals surface area (Å²) in [6.45, 7) is 13.1. The first-order chi connectivity index (χ1) is 12.6. The molecule has 0 saturated heterocycles. The van der Waals surface area contributed by atoms with Crippen molar-refractivity contribution in [1.82, 2.24) is 0 Å². The molecule has 142 valence electrons. The van der Waals surface area contributed by atoms with Gasteiger partial charge in [-0.25, -0.2) is 0 Å². The fraction of sp³-hybridized carbons (Fsp3) is 0.417. The van der Waals surface area contributed by atoms with Crippen LogP contribution in [0.3, 0.4) is 0 Å². The molecule has 0 fully saturated rings. The van der Waals surface area contributed by atoms with E-state index in [2.05, 4.69) is 47.6 Å². The Morgan fingerprint density at radius 3 is 2.19 bits per heavy atom. The Kier molecular flexibility index (Phi) is 4.75. The average Bonchev–Trinajstić information content (AvgIpc) is 2.67. The lowest BCUT2D eigenvalue weighted by atomic mass is 9.75. The Balaban J connectivity index is 2.51. The van der Waals surface area contributed by atoms with Gasteiger partial charge in [0, 0.05) is 11.1 Å². The minimum Gasteiger partial charge on any atom is -0.456 e. The summed E-state index contributed by atoms with van der Waals surface area (Å²) in [5.74, 6) is 0. The smallest absolute Gasteiger partial charge is 0.200 e. The van der Waals surface area contributed by atoms with Crippen LogP contribution in [0.15, 0.2) is 39.5 Å². The SMILES string of the molecule is CCC(C)(C)c1cc(C(C)(C)CC)c2oc3ccc(C=O)cc3c(=O)c2c1. The molecule has 0 aliphatic rings. The van der Waals surface area contributed by atoms with Crippen molar-refractivity contribution in [1.29, 1.82) is 0 Å². The Morgan fingerprint density at radius 1 is 0.926 bits per heavy atom. The molecular weight excluding hydrogens is 336 g/mol. The first-order valence-corrected chi connectivity index (χ1v) is 9.65. The third-order valence-electron chi connectivity index (χ3n) is 6.21. The van der Waals surface area contributed by atoms with Crippen LogP contribution in [0.2, 0.25) is 0 Å². The highest BCUT2D eigenvalue weighted by Gasteiger charge is 2.28. The highest BCUT2D eigenvalue weighted by molar-refractivity contribution is 5.94. The maximum Gasteiger partial charge on any atom is 0.200 e. The Hall–Kier alpha value is -2.42. The molecule has 0 spiro atoms. The summed E-state index contributed by atoms with van der Waals surface area (Å²) in [5, 5.41) is 1.06. The minimum absolute atomic E-state index is 0.0429. The van der Waals surface area contributed by atoms with Gasteiger partial charge in [0.15, 0.2) is 0 Å². The van der Waals surface area contributed by atoms with E-state index in [1.165, 1.54) is 0 Å². The fourth-order valence-electron chi connectivity index (χ4n) is 3.34. The molecule has 0 aliphatic carbocycles. The van der Waals surface area contributed by atoms with E-state index in [1.54, 1.807) is 18.2 Å². The Labute approximate surface area is 160 Å². The van der Waals surface area contributed by atoms with Crippen molar-refractivity contribution in [2.75, 3.05) is 0 Å². The van der Waals surface area contributed by atoms with E-state index >= 15 is 0 Å². The van der Waals surface area contributed by atoms with Crippen LogP contribution in [0.25, 0.3) is 21.9 Å². The Bertz CT molecular complexity index is 1080. The third kappa shape index (κ3) is 3.20. The average molecular weight is 364 g/mol. The molecule has 0 radical (unpaired) electrons. The van der Waals surface area contributed by atoms with Crippen molar-refractivity contribution in [3.8, 4) is 0 Å². The maximum atomic E-state index is 13.3. The summed E-state index contributed by atoms with van der Waals surface area (Å²) in [6, 6.07) is 9.21. The molecule has 0 saturated carbocycles. The zero-order valence-corrected chi connectivity index (χ0v) is 17.1. The lowest BCUT2D eigenvalue weighted by Gasteiger charge is -2.29. The highest BCUT2D eigenvalue weighted by Crippen LogP contribution is 2.38. The summed E-state index contributed by atoms with van der Waals surface area (Å²) < 4.78 is 6.23. The van der Waals surface area contributed by atoms with Crippen LogP contribution >= 0.6 is 0 Å². The van der Waals surface area contributed by atoms with Gasteiger partial charge in [-0.2, -0.15) is 0 Å². The van der Waals surface area contributed by atoms with Crippen LogP contribution in [-0.4, -0.2) is 6.29 Å². The number of aldehydes is 1. The van der Waals surface area contributed by atoms with E-state index < -0.39 is 0 Å². The summed E-state index contributed by atoms with van der Waals surface area (Å²) in [7, 11) is 0. The van der Waals surface area contributed by atoms with Gasteiger partial charge in [0.1, 0.15) is 17.5 Å². The van der Waals surface area contributed by atoms with Gasteiger partial charge < -0.3 is 4.42 Å². The zero-order chi connectivity index (χ0) is 20.0. The van der Waals surface area contributed by atoms with Crippen molar-refractivity contribution in [2.24, 2.45) is 0 Å². The predicted octanol–water partition coefficient (Wildman–Crippen LogP) is 6.13. The molecule has 3 aromatic rings. The zero-order valence-electron chi connectivity index (χ0n) is 17.1. The van der Waals surface area contributed by atoms with Crippen molar-refractivity contribution in [2.45, 2.75) is 65.2 Å². The van der Waals surface area contributed by atoms with E-state index in [-0.39, 0.29) is 16.3 Å². The van der Waals surface area contributed by atoms with Gasteiger partial charge in [-0.15, -0.1) is 0 Å². The molecular formula is C24H28O3. The largest absolute Gasteiger partial charge is 0.456 e. The number of hydrogen-bond acceptors (Lipinski definition) is 3. The van der Waals surface area contributed by atoms with Gasteiger partial charge in [0.05, 0.1) is 10.8 Å². The van der Waals surface area contributed by atoms with Crippen LogP contribution in [0.5, 0.6) is 0 Å². The molecule has 27 heavy (non-hydrogen) atoms. The molecule has 0 amide bonds. The van der Waals surface area contributed by atoms with Gasteiger partial charge in [-0.3, -0.25) is 9.59 Å². The van der Waals surface area contributed by atoms with Crippen LogP contribution in [-0.2, 0) is 10.8 Å². The highest BCUT2D eigenvalue weighted by atomic mass is 16.3. The van der Waals surface area contributed by atoms with Crippen LogP contribution in [0.4, 0.5) is 0 Å². The molecule has 0 unspecified atom stereocenters. The first kappa shape index (κ1) is 19.3. The topological polar surface area (TPSA) is 47.3 Å². The van der Waals surface area contributed by atoms with Crippen LogP contribution < -0.4 is 5.43 Å². The summed E-state index contributed by atoms with van der Waals surface area (Å²) >= 11 is 0. The number of fused-ring (bicyclic) bond motifs is 2. The molecule has 0 bridgehead atoms. The normalized spacial score (nSPS) is 12.7. The van der Waals surface area contributed by atoms with Crippen molar-refractivity contribution < 1.29 is 9.21 Å². The molecule has 0 aliphatic heterocycles. The minimum atomic E-state index is -0.121. The molecule has 3 nitrogen and oxygen atoms in total. The van der Waals surface area contributed by atoms with E-state index in [9.17, 15) is 9.59 Å². The van der Waals surface area contributed by atoms with Gasteiger partial charge in [0.2, 0.25) is 5.43 Å². The second-order valence-corrected chi connectivity index (χ2v) is 8.68. The first-order valence-electron chi connectivity index (χ1n) is 9.65. The van der Waals surface area contributed by atoms with Crippen molar-refractivity contribution in [3.05, 3.63) is 57.2 Å². The van der Waals surface area contributed by atoms with Crippen LogP contribution in [0.1, 0.15) is 75.9 Å². The number of benzene rings is 2. The van der Waals surface area contributed by atoms with Crippen LogP contribution in [0, 0.1) is 0 Å². The van der Waals surface area contributed by atoms with E-state index in [0.29, 0.717) is 27.5 Å². The number of carbonyl (C=O) groups excluding carboxylic acids is 1. The summed E-state index contributed by atoms with van der Waals surface area (Å²) in [5.41, 5.74) is 3.64. The second-order valence-electron chi connectivity index (χ2n) is 8.68. The van der Waals surface area contributed by atoms with E-state index in [0.717, 1.165) is 30.3 Å². The van der Waals surface area contributed by atoms with Gasteiger partial charge in [0.25, 0.3) is 0 Å². The van der Waals surface area contributed by atoms with Gasteiger partial charge >= 0.3 is 0 Å². The fourth-order valence-corrected chi connectivity index (χ4v) is 3.34. The third-order valence-corrected chi connectivity index (χ3v) is 6.21. The number of hydrogen-bond donors (Lipinski definition) is 0. The summed E-state index contributed by atoms with van der Waals surface area (Å²) in [4.78, 5) is 24.5. The van der Waals surface area contributed by atoms with E-state index in [1.807, 2.05) is 6.07 Å². The lowest BCUT2D eigenvalue weighted by Crippen LogP contribution is -2.21. The van der Waals surface area contributed by atoms with E-state index in [4.69, 9.17) is 4.42 Å². The molecule has 0 N–H and O–H groups in total. The van der Waals surface area contributed by atoms with Crippen molar-refractivity contribution >= 4 is 28.2 Å². The number of carbonyl (C=O) groups is 1. The monoisotopic (exact) mass is 364 g/mol. The van der Waals surface area contributed by atoms with Gasteiger partial charge in [-0.05, 0) is 53.5 Å². The summed E-state index contributed by atoms with van der Waals surface area (Å²) in [6.07, 6.45) is 2.66. The molecule has 3 heteroatoms. The van der Waals surface area contributed by atoms with Crippen molar-refractivity contribution in [3.63, 3.8) is 0 Å². The molecule has 0 atom stereocenters.